The van der Waals surface area contributed by atoms with Crippen LogP contribution in [0.4, 0.5) is 10.2 Å². The number of anilines is 1. The highest BCUT2D eigenvalue weighted by Gasteiger charge is 2.32. The third-order valence-corrected chi connectivity index (χ3v) is 8.52. The highest BCUT2D eigenvalue weighted by atomic mass is 32.2. The predicted octanol–water partition coefficient (Wildman–Crippen LogP) is 4.26. The van der Waals surface area contributed by atoms with Crippen LogP contribution < -0.4 is 4.90 Å². The molecule has 0 unspecified atom stereocenters. The van der Waals surface area contributed by atoms with Gasteiger partial charge in [-0.2, -0.15) is 4.31 Å². The Balaban J connectivity index is 1.59. The molecule has 1 aromatic heterocycles. The van der Waals surface area contributed by atoms with Crippen molar-refractivity contribution in [2.45, 2.75) is 45.9 Å². The van der Waals surface area contributed by atoms with Crippen LogP contribution in [0.25, 0.3) is 0 Å². The Bertz CT molecular complexity index is 1310. The topological polar surface area (TPSA) is 66.4 Å². The Morgan fingerprint density at radius 1 is 0.912 bits per heavy atom. The SMILES string of the molecule is Cc1cc(C)c(S(=O)(=O)N2CCN(c3nc(C)nc(C)c3Cc3cccc(F)c3)CC2)c(C)c1. The average molecular weight is 483 g/mol. The molecule has 180 valence electrons. The number of hydrogen-bond acceptors (Lipinski definition) is 5. The average Bonchev–Trinajstić information content (AvgIpc) is 2.74. The van der Waals surface area contributed by atoms with Crippen LogP contribution in [0.15, 0.2) is 41.3 Å². The van der Waals surface area contributed by atoms with Gasteiger partial charge in [0.15, 0.2) is 0 Å². The number of nitrogens with zero attached hydrogens (tertiary/aromatic N) is 4. The lowest BCUT2D eigenvalue weighted by atomic mass is 10.0. The number of aromatic nitrogens is 2. The number of piperazine rings is 1. The van der Waals surface area contributed by atoms with Gasteiger partial charge in [-0.05, 0) is 63.4 Å². The second-order valence-corrected chi connectivity index (χ2v) is 11.0. The Morgan fingerprint density at radius 2 is 1.56 bits per heavy atom. The first kappa shape index (κ1) is 24.3. The lowest BCUT2D eigenvalue weighted by Crippen LogP contribution is -2.49. The molecule has 2 heterocycles. The molecule has 0 atom stereocenters. The Morgan fingerprint density at radius 3 is 2.18 bits per heavy atom. The summed E-state index contributed by atoms with van der Waals surface area (Å²) in [5.74, 6) is 1.19. The minimum Gasteiger partial charge on any atom is -0.354 e. The van der Waals surface area contributed by atoms with Crippen molar-refractivity contribution in [1.82, 2.24) is 14.3 Å². The summed E-state index contributed by atoms with van der Waals surface area (Å²) in [6, 6.07) is 10.4. The van der Waals surface area contributed by atoms with E-state index in [2.05, 4.69) is 9.88 Å². The van der Waals surface area contributed by atoms with E-state index in [9.17, 15) is 12.8 Å². The van der Waals surface area contributed by atoms with Crippen LogP contribution in [-0.4, -0.2) is 48.9 Å². The summed E-state index contributed by atoms with van der Waals surface area (Å²) in [6.45, 7) is 11.3. The Kier molecular flexibility index (Phi) is 6.73. The molecule has 8 heteroatoms. The third-order valence-electron chi connectivity index (χ3n) is 6.31. The second-order valence-electron chi connectivity index (χ2n) is 9.08. The summed E-state index contributed by atoms with van der Waals surface area (Å²) < 4.78 is 42.3. The van der Waals surface area contributed by atoms with Gasteiger partial charge in [-0.1, -0.05) is 29.8 Å². The summed E-state index contributed by atoms with van der Waals surface area (Å²) in [7, 11) is -3.59. The van der Waals surface area contributed by atoms with Gasteiger partial charge in [-0.3, -0.25) is 0 Å². The van der Waals surface area contributed by atoms with Crippen LogP contribution in [0.1, 0.15) is 39.3 Å². The first-order valence-electron chi connectivity index (χ1n) is 11.5. The van der Waals surface area contributed by atoms with E-state index in [4.69, 9.17) is 4.98 Å². The second kappa shape index (κ2) is 9.43. The summed E-state index contributed by atoms with van der Waals surface area (Å²) in [4.78, 5) is 11.8. The van der Waals surface area contributed by atoms with E-state index in [1.54, 1.807) is 10.4 Å². The molecule has 1 aliphatic heterocycles. The molecule has 6 nitrogen and oxygen atoms in total. The minimum atomic E-state index is -3.59. The van der Waals surface area contributed by atoms with Crippen molar-refractivity contribution >= 4 is 15.8 Å². The molecule has 0 bridgehead atoms. The highest BCUT2D eigenvalue weighted by Crippen LogP contribution is 2.29. The normalized spacial score (nSPS) is 15.1. The van der Waals surface area contributed by atoms with Crippen LogP contribution in [-0.2, 0) is 16.4 Å². The van der Waals surface area contributed by atoms with Crippen molar-refractivity contribution in [3.05, 3.63) is 81.6 Å². The number of halogens is 1. The molecule has 34 heavy (non-hydrogen) atoms. The van der Waals surface area contributed by atoms with Crippen LogP contribution in [0.2, 0.25) is 0 Å². The van der Waals surface area contributed by atoms with Gasteiger partial charge in [0.2, 0.25) is 10.0 Å². The molecular formula is C26H31FN4O2S. The van der Waals surface area contributed by atoms with Gasteiger partial charge in [0.1, 0.15) is 17.5 Å². The first-order chi connectivity index (χ1) is 16.1. The zero-order chi connectivity index (χ0) is 24.6. The van der Waals surface area contributed by atoms with Crippen LogP contribution in [0.3, 0.4) is 0 Å². The standard InChI is InChI=1S/C26H31FN4O2S/c1-17-13-18(2)25(19(3)14-17)34(32,33)31-11-9-30(10-12-31)26-24(20(4)28-21(5)29-26)16-22-7-6-8-23(27)15-22/h6-8,13-15H,9-12,16H2,1-5H3. The molecule has 0 aliphatic carbocycles. The Labute approximate surface area is 201 Å². The largest absolute Gasteiger partial charge is 0.354 e. The fraction of sp³-hybridized carbons (Fsp3) is 0.385. The van der Waals surface area contributed by atoms with Crippen molar-refractivity contribution in [3.63, 3.8) is 0 Å². The van der Waals surface area contributed by atoms with E-state index >= 15 is 0 Å². The van der Waals surface area contributed by atoms with Gasteiger partial charge in [-0.15, -0.1) is 0 Å². The van der Waals surface area contributed by atoms with E-state index in [0.717, 1.165) is 39.3 Å². The fourth-order valence-electron chi connectivity index (χ4n) is 4.88. The van der Waals surface area contributed by atoms with Gasteiger partial charge in [0, 0.05) is 43.9 Å². The van der Waals surface area contributed by atoms with Crippen LogP contribution in [0.5, 0.6) is 0 Å². The zero-order valence-corrected chi connectivity index (χ0v) is 21.2. The van der Waals surface area contributed by atoms with E-state index in [1.807, 2.05) is 52.8 Å². The minimum absolute atomic E-state index is 0.273. The fourth-order valence-corrected chi connectivity index (χ4v) is 6.71. The zero-order valence-electron chi connectivity index (χ0n) is 20.4. The van der Waals surface area contributed by atoms with Gasteiger partial charge in [-0.25, -0.2) is 22.8 Å². The molecule has 0 amide bonds. The number of sulfonamides is 1. The maximum absolute atomic E-state index is 13.8. The maximum atomic E-state index is 13.8. The highest BCUT2D eigenvalue weighted by molar-refractivity contribution is 7.89. The molecule has 0 N–H and O–H groups in total. The molecule has 0 spiro atoms. The maximum Gasteiger partial charge on any atom is 0.243 e. The van der Waals surface area contributed by atoms with E-state index in [-0.39, 0.29) is 5.82 Å². The number of rotatable bonds is 5. The van der Waals surface area contributed by atoms with Gasteiger partial charge in [0.25, 0.3) is 0 Å². The number of hydrogen-bond donors (Lipinski definition) is 0. The molecule has 0 radical (unpaired) electrons. The van der Waals surface area contributed by atoms with Crippen LogP contribution in [0, 0.1) is 40.4 Å². The monoisotopic (exact) mass is 482 g/mol. The summed E-state index contributed by atoms with van der Waals surface area (Å²) in [6.07, 6.45) is 0.513. The molecule has 1 aliphatic rings. The molecule has 3 aromatic rings. The summed E-state index contributed by atoms with van der Waals surface area (Å²) in [5, 5.41) is 0. The van der Waals surface area contributed by atoms with Crippen molar-refractivity contribution in [3.8, 4) is 0 Å². The van der Waals surface area contributed by atoms with Gasteiger partial charge in [0.05, 0.1) is 4.90 Å². The lowest BCUT2D eigenvalue weighted by Gasteiger charge is -2.36. The molecular weight excluding hydrogens is 451 g/mol. The van der Waals surface area contributed by atoms with Crippen molar-refractivity contribution in [1.29, 1.82) is 0 Å². The lowest BCUT2D eigenvalue weighted by molar-refractivity contribution is 0.383. The molecule has 0 saturated carbocycles. The van der Waals surface area contributed by atoms with Gasteiger partial charge < -0.3 is 4.90 Å². The van der Waals surface area contributed by atoms with E-state index in [1.165, 1.54) is 12.1 Å². The summed E-state index contributed by atoms with van der Waals surface area (Å²) in [5.41, 5.74) is 5.26. The Hall–Kier alpha value is -2.84. The van der Waals surface area contributed by atoms with E-state index < -0.39 is 10.0 Å². The number of benzene rings is 2. The third kappa shape index (κ3) is 4.83. The molecule has 1 saturated heterocycles. The first-order valence-corrected chi connectivity index (χ1v) is 12.9. The van der Waals surface area contributed by atoms with Crippen molar-refractivity contribution < 1.29 is 12.8 Å². The smallest absolute Gasteiger partial charge is 0.243 e. The van der Waals surface area contributed by atoms with Crippen molar-refractivity contribution in [2.24, 2.45) is 0 Å². The number of aryl methyl sites for hydroxylation is 5. The van der Waals surface area contributed by atoms with Gasteiger partial charge >= 0.3 is 0 Å². The predicted molar refractivity (Wildman–Crippen MR) is 132 cm³/mol. The summed E-state index contributed by atoms with van der Waals surface area (Å²) >= 11 is 0. The van der Waals surface area contributed by atoms with Crippen molar-refractivity contribution in [2.75, 3.05) is 31.1 Å². The quantitative estimate of drug-likeness (QED) is 0.544. The molecule has 2 aromatic carbocycles. The van der Waals surface area contributed by atoms with E-state index in [0.29, 0.717) is 43.3 Å². The molecule has 4 rings (SSSR count). The van der Waals surface area contributed by atoms with Crippen LogP contribution >= 0.6 is 0 Å². The molecule has 1 fully saturated rings.